The molecule has 0 radical (unpaired) electrons. The molecule has 1 amide bonds. The van der Waals surface area contributed by atoms with Crippen molar-refractivity contribution >= 4 is 39.6 Å². The van der Waals surface area contributed by atoms with Crippen LogP contribution in [0.1, 0.15) is 16.8 Å². The number of aromatic nitrogens is 1. The van der Waals surface area contributed by atoms with E-state index >= 15 is 0 Å². The third kappa shape index (κ3) is 5.80. The van der Waals surface area contributed by atoms with Crippen LogP contribution >= 0.6 is 23.1 Å². The van der Waals surface area contributed by atoms with E-state index in [2.05, 4.69) is 9.69 Å². The molecule has 0 spiro atoms. The van der Waals surface area contributed by atoms with Gasteiger partial charge in [-0.3, -0.25) is 4.79 Å². The highest BCUT2D eigenvalue weighted by atomic mass is 35.5. The van der Waals surface area contributed by atoms with Crippen molar-refractivity contribution in [1.82, 2.24) is 9.27 Å². The zero-order valence-corrected chi connectivity index (χ0v) is 18.9. The topological polar surface area (TPSA) is 54.5 Å². The summed E-state index contributed by atoms with van der Waals surface area (Å²) in [6.45, 7) is 1.75. The average molecular weight is 482 g/mol. The number of amides is 1. The lowest BCUT2D eigenvalue weighted by Crippen LogP contribution is -2.16. The van der Waals surface area contributed by atoms with E-state index < -0.39 is 11.7 Å². The summed E-state index contributed by atoms with van der Waals surface area (Å²) in [6.07, 6.45) is -2.74. The second-order valence-corrected chi connectivity index (χ2v) is 8.17. The summed E-state index contributed by atoms with van der Waals surface area (Å²) in [5.41, 5.74) is 0.891. The Morgan fingerprint density at radius 2 is 1.66 bits per heavy atom. The Morgan fingerprint density at radius 3 is 2.12 bits per heavy atom. The van der Waals surface area contributed by atoms with Crippen molar-refractivity contribution in [2.75, 3.05) is 19.4 Å². The highest BCUT2D eigenvalue weighted by Crippen LogP contribution is 2.33. The molecule has 0 saturated carbocycles. The molecule has 168 valence electrons. The number of anilines is 1. The Kier molecular flexibility index (Phi) is 7.10. The first kappa shape index (κ1) is 23.6. The standard InChI is InChI=1S/C22H19ClF3N3O2S/c1-13-19(23)21(32-28-13)27-20(30)18(12-29(2)3)14-4-8-16(9-5-14)31-17-10-6-15(7-11-17)22(24,25)26/h4-12H,1-3H3,(H,27,30)/b18-12+. The number of carbonyl (C=O) groups is 1. The predicted molar refractivity (Wildman–Crippen MR) is 120 cm³/mol. The van der Waals surface area contributed by atoms with E-state index in [4.69, 9.17) is 16.3 Å². The lowest BCUT2D eigenvalue weighted by Gasteiger charge is -2.13. The van der Waals surface area contributed by atoms with Gasteiger partial charge in [0.15, 0.2) is 0 Å². The van der Waals surface area contributed by atoms with Crippen LogP contribution in [0.15, 0.2) is 54.7 Å². The van der Waals surface area contributed by atoms with Crippen LogP contribution in [0, 0.1) is 6.92 Å². The zero-order chi connectivity index (χ0) is 23.5. The number of hydrogen-bond acceptors (Lipinski definition) is 5. The molecule has 1 aromatic heterocycles. The maximum Gasteiger partial charge on any atom is 0.416 e. The number of alkyl halides is 3. The molecule has 10 heteroatoms. The lowest BCUT2D eigenvalue weighted by molar-refractivity contribution is -0.137. The van der Waals surface area contributed by atoms with Crippen LogP contribution in [0.3, 0.4) is 0 Å². The molecule has 0 saturated heterocycles. The van der Waals surface area contributed by atoms with Gasteiger partial charge in [-0.2, -0.15) is 17.5 Å². The monoisotopic (exact) mass is 481 g/mol. The first-order valence-electron chi connectivity index (χ1n) is 9.31. The van der Waals surface area contributed by atoms with Crippen molar-refractivity contribution in [2.24, 2.45) is 0 Å². The Labute approximate surface area is 192 Å². The zero-order valence-electron chi connectivity index (χ0n) is 17.3. The van der Waals surface area contributed by atoms with Crippen molar-refractivity contribution in [3.05, 3.63) is 76.6 Å². The number of carbonyl (C=O) groups excluding carboxylic acids is 1. The van der Waals surface area contributed by atoms with Crippen molar-refractivity contribution in [3.8, 4) is 11.5 Å². The van der Waals surface area contributed by atoms with Crippen LogP contribution in [0.4, 0.5) is 18.2 Å². The van der Waals surface area contributed by atoms with E-state index in [1.54, 1.807) is 56.4 Å². The van der Waals surface area contributed by atoms with Gasteiger partial charge in [-0.25, -0.2) is 0 Å². The van der Waals surface area contributed by atoms with Gasteiger partial charge in [-0.05, 0) is 60.4 Å². The predicted octanol–water partition coefficient (Wildman–Crippen LogP) is 6.46. The number of hydrogen-bond donors (Lipinski definition) is 1. The summed E-state index contributed by atoms with van der Waals surface area (Å²) in [6, 6.07) is 11.1. The first-order valence-corrected chi connectivity index (χ1v) is 10.5. The number of benzene rings is 2. The van der Waals surface area contributed by atoms with Crippen LogP contribution in [-0.4, -0.2) is 29.3 Å². The van der Waals surface area contributed by atoms with Gasteiger partial charge in [0.25, 0.3) is 5.91 Å². The number of nitrogens with zero attached hydrogens (tertiary/aromatic N) is 2. The van der Waals surface area contributed by atoms with Crippen LogP contribution in [0.25, 0.3) is 5.57 Å². The molecule has 0 aliphatic rings. The smallest absolute Gasteiger partial charge is 0.416 e. The van der Waals surface area contributed by atoms with Gasteiger partial charge >= 0.3 is 6.18 Å². The van der Waals surface area contributed by atoms with E-state index in [1.807, 2.05) is 0 Å². The summed E-state index contributed by atoms with van der Waals surface area (Å²) >= 11 is 7.26. The molecule has 0 aliphatic heterocycles. The fourth-order valence-electron chi connectivity index (χ4n) is 2.68. The SMILES string of the molecule is Cc1nsc(NC(=O)/C(=C/N(C)C)c2ccc(Oc3ccc(C(F)(F)F)cc3)cc2)c1Cl. The highest BCUT2D eigenvalue weighted by Gasteiger charge is 2.30. The number of ether oxygens (including phenoxy) is 1. The van der Waals surface area contributed by atoms with Gasteiger partial charge in [0.05, 0.1) is 21.9 Å². The van der Waals surface area contributed by atoms with E-state index in [1.165, 1.54) is 12.1 Å². The van der Waals surface area contributed by atoms with Crippen LogP contribution < -0.4 is 10.1 Å². The molecule has 3 rings (SSSR count). The Balaban J connectivity index is 1.77. The van der Waals surface area contributed by atoms with Crippen molar-refractivity contribution in [3.63, 3.8) is 0 Å². The fraction of sp³-hybridized carbons (Fsp3) is 0.182. The molecule has 1 heterocycles. The minimum Gasteiger partial charge on any atom is -0.457 e. The molecule has 0 bridgehead atoms. The second kappa shape index (κ2) is 9.62. The third-order valence-corrected chi connectivity index (χ3v) is 5.66. The minimum atomic E-state index is -4.40. The van der Waals surface area contributed by atoms with Crippen molar-refractivity contribution in [1.29, 1.82) is 0 Å². The molecule has 2 aromatic carbocycles. The molecular formula is C22H19ClF3N3O2S. The molecule has 0 unspecified atom stereocenters. The lowest BCUT2D eigenvalue weighted by atomic mass is 10.1. The summed E-state index contributed by atoms with van der Waals surface area (Å²) < 4.78 is 47.8. The maximum atomic E-state index is 12.9. The van der Waals surface area contributed by atoms with Crippen LogP contribution in [0.5, 0.6) is 11.5 Å². The molecular weight excluding hydrogens is 463 g/mol. The fourth-order valence-corrected chi connectivity index (χ4v) is 3.61. The van der Waals surface area contributed by atoms with Crippen LogP contribution in [0.2, 0.25) is 5.02 Å². The van der Waals surface area contributed by atoms with E-state index in [9.17, 15) is 18.0 Å². The normalized spacial score (nSPS) is 11.9. The average Bonchev–Trinajstić information content (AvgIpc) is 3.04. The van der Waals surface area contributed by atoms with Gasteiger partial charge in [0, 0.05) is 20.3 Å². The van der Waals surface area contributed by atoms with Gasteiger partial charge in [0.2, 0.25) is 0 Å². The van der Waals surface area contributed by atoms with Crippen molar-refractivity contribution < 1.29 is 22.7 Å². The molecule has 0 aliphatic carbocycles. The van der Waals surface area contributed by atoms with E-state index in [0.29, 0.717) is 32.6 Å². The second-order valence-electron chi connectivity index (χ2n) is 7.02. The largest absolute Gasteiger partial charge is 0.457 e. The molecule has 32 heavy (non-hydrogen) atoms. The number of aryl methyl sites for hydroxylation is 1. The minimum absolute atomic E-state index is 0.266. The Morgan fingerprint density at radius 1 is 1.09 bits per heavy atom. The molecule has 0 atom stereocenters. The number of rotatable bonds is 6. The molecule has 1 N–H and O–H groups in total. The summed E-state index contributed by atoms with van der Waals surface area (Å²) in [7, 11) is 3.58. The first-order chi connectivity index (χ1) is 15.0. The Hall–Kier alpha value is -3.04. The third-order valence-electron chi connectivity index (χ3n) is 4.23. The van der Waals surface area contributed by atoms with Gasteiger partial charge in [-0.1, -0.05) is 23.7 Å². The summed E-state index contributed by atoms with van der Waals surface area (Å²) in [5, 5.41) is 3.63. The van der Waals surface area contributed by atoms with Crippen LogP contribution in [-0.2, 0) is 11.0 Å². The number of halogens is 4. The van der Waals surface area contributed by atoms with Gasteiger partial charge < -0.3 is 15.0 Å². The summed E-state index contributed by atoms with van der Waals surface area (Å²) in [4.78, 5) is 14.6. The van der Waals surface area contributed by atoms with Gasteiger partial charge in [-0.15, -0.1) is 0 Å². The molecule has 5 nitrogen and oxygen atoms in total. The quantitative estimate of drug-likeness (QED) is 0.411. The summed E-state index contributed by atoms with van der Waals surface area (Å²) in [5.74, 6) is 0.322. The van der Waals surface area contributed by atoms with Crippen molar-refractivity contribution in [2.45, 2.75) is 13.1 Å². The maximum absolute atomic E-state index is 12.9. The number of nitrogens with one attached hydrogen (secondary N) is 1. The Bertz CT molecular complexity index is 1120. The van der Waals surface area contributed by atoms with E-state index in [-0.39, 0.29) is 11.7 Å². The van der Waals surface area contributed by atoms with E-state index in [0.717, 1.165) is 23.7 Å². The highest BCUT2D eigenvalue weighted by molar-refractivity contribution is 7.11. The molecule has 3 aromatic rings. The van der Waals surface area contributed by atoms with Gasteiger partial charge in [0.1, 0.15) is 16.5 Å². The molecule has 0 fully saturated rings.